The SMILES string of the molecule is CC(C)n1c(CCNC(=O)[C@@H]2CC[C@H](C(=O)O)O2)nc2ccccc21. The van der Waals surface area contributed by atoms with E-state index in [1.807, 2.05) is 24.3 Å². The highest BCUT2D eigenvalue weighted by Gasteiger charge is 2.34. The number of para-hydroxylation sites is 2. The van der Waals surface area contributed by atoms with Gasteiger partial charge in [0, 0.05) is 19.0 Å². The number of aliphatic carboxylic acids is 1. The van der Waals surface area contributed by atoms with E-state index in [9.17, 15) is 9.59 Å². The number of hydrogen-bond donors (Lipinski definition) is 2. The highest BCUT2D eigenvalue weighted by molar-refractivity contribution is 5.82. The summed E-state index contributed by atoms with van der Waals surface area (Å²) in [4.78, 5) is 27.7. The summed E-state index contributed by atoms with van der Waals surface area (Å²) >= 11 is 0. The monoisotopic (exact) mass is 345 g/mol. The fraction of sp³-hybridized carbons (Fsp3) is 0.500. The number of ether oxygens (including phenoxy) is 1. The minimum Gasteiger partial charge on any atom is -0.479 e. The zero-order valence-electron chi connectivity index (χ0n) is 14.4. The van der Waals surface area contributed by atoms with Gasteiger partial charge in [0.1, 0.15) is 11.9 Å². The number of amides is 1. The van der Waals surface area contributed by atoms with Crippen LogP contribution in [0.2, 0.25) is 0 Å². The molecule has 0 spiro atoms. The molecule has 1 aromatic carbocycles. The zero-order valence-corrected chi connectivity index (χ0v) is 14.4. The number of nitrogens with zero attached hydrogens (tertiary/aromatic N) is 2. The van der Waals surface area contributed by atoms with E-state index in [0.717, 1.165) is 16.9 Å². The predicted molar refractivity (Wildman–Crippen MR) is 92.4 cm³/mol. The van der Waals surface area contributed by atoms with E-state index >= 15 is 0 Å². The molecule has 7 nitrogen and oxygen atoms in total. The zero-order chi connectivity index (χ0) is 18.0. The molecule has 1 amide bonds. The molecule has 2 heterocycles. The van der Waals surface area contributed by atoms with Crippen LogP contribution in [0, 0.1) is 0 Å². The van der Waals surface area contributed by atoms with Gasteiger partial charge in [0.15, 0.2) is 6.10 Å². The molecule has 0 saturated carbocycles. The standard InChI is InChI=1S/C18H23N3O4/c1-11(2)21-13-6-4-3-5-12(13)20-16(21)9-10-19-17(22)14-7-8-15(25-14)18(23)24/h3-6,11,14-15H,7-10H2,1-2H3,(H,19,22)(H,23,24)/t14-,15+/m0/s1. The maximum Gasteiger partial charge on any atom is 0.332 e. The number of aromatic nitrogens is 2. The summed E-state index contributed by atoms with van der Waals surface area (Å²) in [5, 5.41) is 11.8. The molecule has 1 fully saturated rings. The van der Waals surface area contributed by atoms with Crippen molar-refractivity contribution in [2.24, 2.45) is 0 Å². The molecule has 0 unspecified atom stereocenters. The predicted octanol–water partition coefficient (Wildman–Crippen LogP) is 1.91. The number of carboxylic acid groups (broad SMARTS) is 1. The van der Waals surface area contributed by atoms with Crippen LogP contribution in [0.4, 0.5) is 0 Å². The minimum atomic E-state index is -1.01. The second-order valence-corrected chi connectivity index (χ2v) is 6.55. The van der Waals surface area contributed by atoms with Crippen molar-refractivity contribution in [2.75, 3.05) is 6.54 Å². The lowest BCUT2D eigenvalue weighted by Gasteiger charge is -2.14. The average molecular weight is 345 g/mol. The second kappa shape index (κ2) is 7.23. The summed E-state index contributed by atoms with van der Waals surface area (Å²) < 4.78 is 7.44. The van der Waals surface area contributed by atoms with Crippen molar-refractivity contribution in [3.05, 3.63) is 30.1 Å². The van der Waals surface area contributed by atoms with Gasteiger partial charge in [-0.05, 0) is 38.8 Å². The van der Waals surface area contributed by atoms with E-state index in [1.54, 1.807) is 0 Å². The number of carbonyl (C=O) groups excluding carboxylic acids is 1. The third-order valence-electron chi connectivity index (χ3n) is 4.42. The molecular weight excluding hydrogens is 322 g/mol. The van der Waals surface area contributed by atoms with Crippen molar-refractivity contribution in [3.8, 4) is 0 Å². The number of hydrogen-bond acceptors (Lipinski definition) is 4. The van der Waals surface area contributed by atoms with Crippen LogP contribution in [0.25, 0.3) is 11.0 Å². The van der Waals surface area contributed by atoms with Crippen molar-refractivity contribution in [1.29, 1.82) is 0 Å². The lowest BCUT2D eigenvalue weighted by Crippen LogP contribution is -2.36. The van der Waals surface area contributed by atoms with Crippen LogP contribution >= 0.6 is 0 Å². The third kappa shape index (κ3) is 3.66. The molecule has 1 saturated heterocycles. The quantitative estimate of drug-likeness (QED) is 0.834. The fourth-order valence-electron chi connectivity index (χ4n) is 3.27. The first-order valence-corrected chi connectivity index (χ1v) is 8.59. The molecule has 0 aliphatic carbocycles. The van der Waals surface area contributed by atoms with Gasteiger partial charge in [-0.2, -0.15) is 0 Å². The van der Waals surface area contributed by atoms with Crippen LogP contribution in [-0.2, 0) is 20.7 Å². The Morgan fingerprint density at radius 3 is 2.72 bits per heavy atom. The van der Waals surface area contributed by atoms with Gasteiger partial charge in [-0.15, -0.1) is 0 Å². The Hall–Kier alpha value is -2.41. The topological polar surface area (TPSA) is 93.5 Å². The summed E-state index contributed by atoms with van der Waals surface area (Å²) in [7, 11) is 0. The van der Waals surface area contributed by atoms with E-state index < -0.39 is 18.2 Å². The Morgan fingerprint density at radius 2 is 2.04 bits per heavy atom. The van der Waals surface area contributed by atoms with E-state index in [1.165, 1.54) is 0 Å². The first-order valence-electron chi connectivity index (χ1n) is 8.59. The molecule has 134 valence electrons. The van der Waals surface area contributed by atoms with Gasteiger partial charge in [-0.1, -0.05) is 12.1 Å². The number of nitrogens with one attached hydrogen (secondary N) is 1. The van der Waals surface area contributed by atoms with Gasteiger partial charge in [0.2, 0.25) is 5.91 Å². The normalized spacial score (nSPS) is 20.3. The number of fused-ring (bicyclic) bond motifs is 1. The Balaban J connectivity index is 1.61. The van der Waals surface area contributed by atoms with Crippen molar-refractivity contribution in [2.45, 2.75) is 51.4 Å². The van der Waals surface area contributed by atoms with Gasteiger partial charge in [0.25, 0.3) is 0 Å². The molecular formula is C18H23N3O4. The Labute approximate surface area is 146 Å². The van der Waals surface area contributed by atoms with Crippen LogP contribution in [0.3, 0.4) is 0 Å². The van der Waals surface area contributed by atoms with E-state index in [0.29, 0.717) is 25.8 Å². The summed E-state index contributed by atoms with van der Waals surface area (Å²) in [6.07, 6.45) is -0.136. The van der Waals surface area contributed by atoms with Gasteiger partial charge in [-0.25, -0.2) is 9.78 Å². The van der Waals surface area contributed by atoms with E-state index in [2.05, 4.69) is 28.7 Å². The molecule has 3 rings (SSSR count). The summed E-state index contributed by atoms with van der Waals surface area (Å²) in [6, 6.07) is 8.25. The third-order valence-corrected chi connectivity index (χ3v) is 4.42. The van der Waals surface area contributed by atoms with E-state index in [-0.39, 0.29) is 11.9 Å². The highest BCUT2D eigenvalue weighted by Crippen LogP contribution is 2.22. The lowest BCUT2D eigenvalue weighted by atomic mass is 10.2. The Bertz CT molecular complexity index is 784. The number of carboxylic acids is 1. The van der Waals surface area contributed by atoms with Crippen molar-refractivity contribution in [1.82, 2.24) is 14.9 Å². The van der Waals surface area contributed by atoms with Gasteiger partial charge < -0.3 is 19.7 Å². The molecule has 7 heteroatoms. The lowest BCUT2D eigenvalue weighted by molar-refractivity contribution is -0.151. The van der Waals surface area contributed by atoms with Gasteiger partial charge >= 0.3 is 5.97 Å². The van der Waals surface area contributed by atoms with E-state index in [4.69, 9.17) is 9.84 Å². The second-order valence-electron chi connectivity index (χ2n) is 6.55. The number of benzene rings is 1. The van der Waals surface area contributed by atoms with Gasteiger partial charge in [0.05, 0.1) is 11.0 Å². The fourth-order valence-corrected chi connectivity index (χ4v) is 3.27. The molecule has 2 aromatic rings. The van der Waals surface area contributed by atoms with Crippen LogP contribution < -0.4 is 5.32 Å². The summed E-state index contributed by atoms with van der Waals surface area (Å²) in [6.45, 7) is 4.65. The molecule has 2 atom stereocenters. The van der Waals surface area contributed by atoms with Crippen LogP contribution in [0.5, 0.6) is 0 Å². The summed E-state index contributed by atoms with van der Waals surface area (Å²) in [5.41, 5.74) is 2.03. The number of carbonyl (C=O) groups is 2. The van der Waals surface area contributed by atoms with Gasteiger partial charge in [-0.3, -0.25) is 4.79 Å². The maximum atomic E-state index is 12.1. The molecule has 1 aliphatic rings. The Kier molecular flexibility index (Phi) is 5.03. The first-order chi connectivity index (χ1) is 12.0. The smallest absolute Gasteiger partial charge is 0.332 e. The molecule has 0 bridgehead atoms. The largest absolute Gasteiger partial charge is 0.479 e. The van der Waals surface area contributed by atoms with Crippen molar-refractivity contribution < 1.29 is 19.4 Å². The highest BCUT2D eigenvalue weighted by atomic mass is 16.5. The average Bonchev–Trinajstić information content (AvgIpc) is 3.19. The minimum absolute atomic E-state index is 0.254. The van der Waals surface area contributed by atoms with Crippen LogP contribution in [0.15, 0.2) is 24.3 Å². The Morgan fingerprint density at radius 1 is 1.32 bits per heavy atom. The van der Waals surface area contributed by atoms with Crippen molar-refractivity contribution >= 4 is 22.9 Å². The number of imidazole rings is 1. The van der Waals surface area contributed by atoms with Crippen LogP contribution in [-0.4, -0.2) is 45.3 Å². The molecule has 2 N–H and O–H groups in total. The van der Waals surface area contributed by atoms with Crippen molar-refractivity contribution in [3.63, 3.8) is 0 Å². The molecule has 1 aromatic heterocycles. The summed E-state index contributed by atoms with van der Waals surface area (Å²) in [5.74, 6) is -0.343. The first kappa shape index (κ1) is 17.4. The molecule has 25 heavy (non-hydrogen) atoms. The maximum absolute atomic E-state index is 12.1. The number of rotatable bonds is 6. The molecule has 0 radical (unpaired) electrons. The molecule has 1 aliphatic heterocycles. The van der Waals surface area contributed by atoms with Crippen LogP contribution in [0.1, 0.15) is 38.6 Å².